The van der Waals surface area contributed by atoms with E-state index in [1.807, 2.05) is 0 Å². The topological polar surface area (TPSA) is 26.0 Å². The van der Waals surface area contributed by atoms with Crippen LogP contribution >= 0.6 is 0 Å². The first kappa shape index (κ1) is 10.9. The first-order valence-corrected chi connectivity index (χ1v) is 5.66. The minimum atomic E-state index is 0.697. The van der Waals surface area contributed by atoms with Gasteiger partial charge in [0.1, 0.15) is 0 Å². The van der Waals surface area contributed by atoms with Crippen molar-refractivity contribution in [2.75, 3.05) is 6.54 Å². The molecule has 2 rings (SSSR count). The molecule has 0 aromatic heterocycles. The maximum Gasteiger partial charge on any atom is -0.00365 e. The highest BCUT2D eigenvalue weighted by Crippen LogP contribution is 2.24. The van der Waals surface area contributed by atoms with Gasteiger partial charge in [-0.15, -0.1) is 0 Å². The van der Waals surface area contributed by atoms with E-state index in [4.69, 9.17) is 5.73 Å². The lowest BCUT2D eigenvalue weighted by Crippen LogP contribution is -2.03. The molecular weight excluding hydrogens is 194 g/mol. The van der Waals surface area contributed by atoms with Crippen LogP contribution in [-0.2, 0) is 6.42 Å². The molecule has 0 atom stereocenters. The van der Waals surface area contributed by atoms with Crippen LogP contribution in [-0.4, -0.2) is 6.54 Å². The molecule has 16 heavy (non-hydrogen) atoms. The molecule has 0 radical (unpaired) electrons. The van der Waals surface area contributed by atoms with Crippen molar-refractivity contribution in [3.05, 3.63) is 59.7 Å². The highest BCUT2D eigenvalue weighted by Gasteiger charge is 2.02. The Hall–Kier alpha value is -1.60. The van der Waals surface area contributed by atoms with Gasteiger partial charge in [-0.25, -0.2) is 0 Å². The average Bonchev–Trinajstić information content (AvgIpc) is 2.32. The quantitative estimate of drug-likeness (QED) is 0.829. The summed E-state index contributed by atoms with van der Waals surface area (Å²) >= 11 is 0. The molecule has 0 heterocycles. The van der Waals surface area contributed by atoms with E-state index in [-0.39, 0.29) is 0 Å². The van der Waals surface area contributed by atoms with Gasteiger partial charge in [0.15, 0.2) is 0 Å². The zero-order valence-corrected chi connectivity index (χ0v) is 9.61. The second-order valence-corrected chi connectivity index (χ2v) is 4.06. The molecule has 0 unspecified atom stereocenters. The normalized spacial score (nSPS) is 10.4. The van der Waals surface area contributed by atoms with Gasteiger partial charge in [-0.2, -0.15) is 0 Å². The predicted molar refractivity (Wildman–Crippen MR) is 69.4 cm³/mol. The summed E-state index contributed by atoms with van der Waals surface area (Å²) in [6, 6.07) is 17.1. The summed E-state index contributed by atoms with van der Waals surface area (Å²) in [5, 5.41) is 0. The maximum absolute atomic E-state index is 5.63. The fourth-order valence-corrected chi connectivity index (χ4v) is 1.91. The zero-order chi connectivity index (χ0) is 11.4. The fourth-order valence-electron chi connectivity index (χ4n) is 1.91. The Bertz CT molecular complexity index is 457. The van der Waals surface area contributed by atoms with E-state index in [0.29, 0.717) is 6.54 Å². The number of benzene rings is 2. The molecule has 0 aliphatic rings. The summed E-state index contributed by atoms with van der Waals surface area (Å²) in [7, 11) is 0. The third-order valence-corrected chi connectivity index (χ3v) is 2.79. The molecule has 1 nitrogen and oxygen atoms in total. The van der Waals surface area contributed by atoms with E-state index in [9.17, 15) is 0 Å². The highest BCUT2D eigenvalue weighted by molar-refractivity contribution is 5.67. The number of nitrogens with two attached hydrogens (primary N) is 1. The molecular formula is C15H17N. The maximum atomic E-state index is 5.63. The van der Waals surface area contributed by atoms with Crippen molar-refractivity contribution in [1.29, 1.82) is 0 Å². The van der Waals surface area contributed by atoms with E-state index < -0.39 is 0 Å². The average molecular weight is 211 g/mol. The molecule has 0 aliphatic carbocycles. The smallest absolute Gasteiger partial charge is 0.00365 e. The van der Waals surface area contributed by atoms with Crippen molar-refractivity contribution in [2.24, 2.45) is 5.73 Å². The summed E-state index contributed by atoms with van der Waals surface area (Å²) in [5.74, 6) is 0. The van der Waals surface area contributed by atoms with Crippen molar-refractivity contribution in [3.8, 4) is 11.1 Å². The largest absolute Gasteiger partial charge is 0.330 e. The Morgan fingerprint density at radius 1 is 0.938 bits per heavy atom. The van der Waals surface area contributed by atoms with Crippen LogP contribution in [0.1, 0.15) is 11.1 Å². The third kappa shape index (κ3) is 2.31. The van der Waals surface area contributed by atoms with E-state index in [1.165, 1.54) is 22.3 Å². The minimum Gasteiger partial charge on any atom is -0.330 e. The van der Waals surface area contributed by atoms with Gasteiger partial charge in [0, 0.05) is 0 Å². The lowest BCUT2D eigenvalue weighted by atomic mass is 9.97. The van der Waals surface area contributed by atoms with Crippen LogP contribution in [0, 0.1) is 6.92 Å². The summed E-state index contributed by atoms with van der Waals surface area (Å²) in [6.07, 6.45) is 0.935. The van der Waals surface area contributed by atoms with Gasteiger partial charge >= 0.3 is 0 Å². The second kappa shape index (κ2) is 4.95. The van der Waals surface area contributed by atoms with Crippen LogP contribution in [0.15, 0.2) is 48.5 Å². The first-order valence-electron chi connectivity index (χ1n) is 5.66. The molecule has 2 aromatic carbocycles. The lowest BCUT2D eigenvalue weighted by Gasteiger charge is -2.08. The molecule has 1 heteroatoms. The van der Waals surface area contributed by atoms with Gasteiger partial charge in [-0.3, -0.25) is 0 Å². The Balaban J connectivity index is 2.42. The predicted octanol–water partition coefficient (Wildman–Crippen LogP) is 3.16. The first-order chi connectivity index (χ1) is 7.81. The fraction of sp³-hybridized carbons (Fsp3) is 0.200. The van der Waals surface area contributed by atoms with E-state index >= 15 is 0 Å². The van der Waals surface area contributed by atoms with Crippen molar-refractivity contribution in [1.82, 2.24) is 0 Å². The van der Waals surface area contributed by atoms with Gasteiger partial charge < -0.3 is 5.73 Å². The molecule has 0 spiro atoms. The monoisotopic (exact) mass is 211 g/mol. The molecule has 2 aromatic rings. The summed E-state index contributed by atoms with van der Waals surface area (Å²) < 4.78 is 0. The lowest BCUT2D eigenvalue weighted by molar-refractivity contribution is 0.970. The van der Waals surface area contributed by atoms with Crippen LogP contribution < -0.4 is 5.73 Å². The van der Waals surface area contributed by atoms with Gasteiger partial charge in [0.2, 0.25) is 0 Å². The van der Waals surface area contributed by atoms with Gasteiger partial charge in [-0.1, -0.05) is 54.1 Å². The number of rotatable bonds is 3. The molecule has 0 fully saturated rings. The number of hydrogen-bond acceptors (Lipinski definition) is 1. The van der Waals surface area contributed by atoms with Crippen molar-refractivity contribution in [3.63, 3.8) is 0 Å². The third-order valence-electron chi connectivity index (χ3n) is 2.79. The Labute approximate surface area is 96.9 Å². The molecule has 0 saturated carbocycles. The van der Waals surface area contributed by atoms with Crippen molar-refractivity contribution < 1.29 is 0 Å². The standard InChI is InChI=1S/C15H17N/c1-12-6-8-14(9-7-12)15-5-3-2-4-13(15)10-11-16/h2-9H,10-11,16H2,1H3. The van der Waals surface area contributed by atoms with Crippen molar-refractivity contribution in [2.45, 2.75) is 13.3 Å². The van der Waals surface area contributed by atoms with Crippen molar-refractivity contribution >= 4 is 0 Å². The van der Waals surface area contributed by atoms with Crippen LogP contribution in [0.2, 0.25) is 0 Å². The summed E-state index contributed by atoms with van der Waals surface area (Å²) in [6.45, 7) is 2.80. The molecule has 0 bridgehead atoms. The summed E-state index contributed by atoms with van der Waals surface area (Å²) in [5.41, 5.74) is 10.8. The summed E-state index contributed by atoms with van der Waals surface area (Å²) in [4.78, 5) is 0. The Morgan fingerprint density at radius 2 is 1.62 bits per heavy atom. The number of hydrogen-bond donors (Lipinski definition) is 1. The minimum absolute atomic E-state index is 0.697. The number of aryl methyl sites for hydroxylation is 1. The van der Waals surface area contributed by atoms with E-state index in [0.717, 1.165) is 6.42 Å². The zero-order valence-electron chi connectivity index (χ0n) is 9.61. The Morgan fingerprint density at radius 3 is 2.31 bits per heavy atom. The van der Waals surface area contributed by atoms with Crippen LogP contribution in [0.3, 0.4) is 0 Å². The van der Waals surface area contributed by atoms with E-state index in [1.54, 1.807) is 0 Å². The Kier molecular flexibility index (Phi) is 3.37. The van der Waals surface area contributed by atoms with Gasteiger partial charge in [0.25, 0.3) is 0 Å². The molecule has 82 valence electrons. The van der Waals surface area contributed by atoms with E-state index in [2.05, 4.69) is 55.5 Å². The molecule has 0 saturated heterocycles. The highest BCUT2D eigenvalue weighted by atomic mass is 14.5. The van der Waals surface area contributed by atoms with Gasteiger partial charge in [0.05, 0.1) is 0 Å². The molecule has 0 aliphatic heterocycles. The van der Waals surface area contributed by atoms with Gasteiger partial charge in [-0.05, 0) is 36.6 Å². The van der Waals surface area contributed by atoms with Crippen LogP contribution in [0.25, 0.3) is 11.1 Å². The SMILES string of the molecule is Cc1ccc(-c2ccccc2CCN)cc1. The second-order valence-electron chi connectivity index (χ2n) is 4.06. The molecule has 0 amide bonds. The molecule has 2 N–H and O–H groups in total. The van der Waals surface area contributed by atoms with Crippen LogP contribution in [0.5, 0.6) is 0 Å². The van der Waals surface area contributed by atoms with Crippen LogP contribution in [0.4, 0.5) is 0 Å².